The molecule has 1 fully saturated rings. The van der Waals surface area contributed by atoms with Gasteiger partial charge in [-0.25, -0.2) is 18.4 Å². The van der Waals surface area contributed by atoms with Gasteiger partial charge in [0.15, 0.2) is 11.6 Å². The molecule has 0 unspecified atom stereocenters. The Hall–Kier alpha value is -2.44. The van der Waals surface area contributed by atoms with Gasteiger partial charge in [0, 0.05) is 6.08 Å². The summed E-state index contributed by atoms with van der Waals surface area (Å²) in [6, 6.07) is 2.24. The number of amides is 1. The SMILES string of the molecule is COC(=O)/C=C/[C@@H]1CC[C@H](c2ccc(F)c(F)c2)N1C(=O)O. The highest BCUT2D eigenvalue weighted by molar-refractivity contribution is 5.82. The van der Waals surface area contributed by atoms with Gasteiger partial charge in [0.05, 0.1) is 19.2 Å². The van der Waals surface area contributed by atoms with Crippen molar-refractivity contribution in [2.75, 3.05) is 7.11 Å². The van der Waals surface area contributed by atoms with Crippen molar-refractivity contribution in [2.24, 2.45) is 0 Å². The van der Waals surface area contributed by atoms with E-state index in [1.807, 2.05) is 0 Å². The van der Waals surface area contributed by atoms with Gasteiger partial charge in [-0.2, -0.15) is 0 Å². The van der Waals surface area contributed by atoms with Crippen LogP contribution in [-0.2, 0) is 9.53 Å². The molecule has 1 aromatic carbocycles. The molecule has 2 atom stereocenters. The second-order valence-electron chi connectivity index (χ2n) is 4.91. The summed E-state index contributed by atoms with van der Waals surface area (Å²) in [5, 5.41) is 9.37. The quantitative estimate of drug-likeness (QED) is 0.688. The molecule has 1 amide bonds. The third kappa shape index (κ3) is 3.24. The number of ether oxygens (including phenoxy) is 1. The highest BCUT2D eigenvalue weighted by Crippen LogP contribution is 2.37. The first kappa shape index (κ1) is 15.9. The summed E-state index contributed by atoms with van der Waals surface area (Å²) < 4.78 is 30.8. The second kappa shape index (κ2) is 6.55. The number of carbonyl (C=O) groups excluding carboxylic acids is 1. The molecule has 118 valence electrons. The third-order valence-corrected chi connectivity index (χ3v) is 3.63. The lowest BCUT2D eigenvalue weighted by atomic mass is 10.0. The molecule has 0 bridgehead atoms. The average molecular weight is 311 g/mol. The fraction of sp³-hybridized carbons (Fsp3) is 0.333. The predicted octanol–water partition coefficient (Wildman–Crippen LogP) is 2.88. The van der Waals surface area contributed by atoms with E-state index in [1.54, 1.807) is 0 Å². The molecule has 0 radical (unpaired) electrons. The Labute approximate surface area is 125 Å². The lowest BCUT2D eigenvalue weighted by Gasteiger charge is -2.26. The van der Waals surface area contributed by atoms with Crippen molar-refractivity contribution in [2.45, 2.75) is 24.9 Å². The van der Waals surface area contributed by atoms with Crippen LogP contribution in [0.2, 0.25) is 0 Å². The second-order valence-corrected chi connectivity index (χ2v) is 4.91. The first-order valence-corrected chi connectivity index (χ1v) is 6.66. The molecule has 1 heterocycles. The average Bonchev–Trinajstić information content (AvgIpc) is 2.91. The minimum absolute atomic E-state index is 0.385. The Balaban J connectivity index is 2.25. The third-order valence-electron chi connectivity index (χ3n) is 3.63. The molecule has 1 aliphatic heterocycles. The fourth-order valence-electron chi connectivity index (χ4n) is 2.61. The van der Waals surface area contributed by atoms with E-state index in [4.69, 9.17) is 0 Å². The van der Waals surface area contributed by atoms with Crippen LogP contribution in [0.25, 0.3) is 0 Å². The summed E-state index contributed by atoms with van der Waals surface area (Å²) >= 11 is 0. The Morgan fingerprint density at radius 1 is 1.32 bits per heavy atom. The highest BCUT2D eigenvalue weighted by atomic mass is 19.2. The van der Waals surface area contributed by atoms with Crippen LogP contribution in [0.4, 0.5) is 13.6 Å². The monoisotopic (exact) mass is 311 g/mol. The molecule has 22 heavy (non-hydrogen) atoms. The molecule has 1 aliphatic rings. The minimum atomic E-state index is -1.19. The molecule has 0 aliphatic carbocycles. The first-order chi connectivity index (χ1) is 10.4. The van der Waals surface area contributed by atoms with Crippen molar-refractivity contribution in [1.29, 1.82) is 0 Å². The number of hydrogen-bond acceptors (Lipinski definition) is 3. The minimum Gasteiger partial charge on any atom is -0.466 e. The Morgan fingerprint density at radius 2 is 2.05 bits per heavy atom. The van der Waals surface area contributed by atoms with Gasteiger partial charge in [0.25, 0.3) is 0 Å². The molecule has 5 nitrogen and oxygen atoms in total. The standard InChI is InChI=1S/C15H15F2NO4/c1-22-14(19)7-4-10-3-6-13(18(10)15(20)21)9-2-5-11(16)12(17)8-9/h2,4-5,7-8,10,13H,3,6H2,1H3,(H,20,21)/b7-4+/t10-,13+/m0/s1. The van der Waals surface area contributed by atoms with E-state index in [1.165, 1.54) is 19.3 Å². The van der Waals surface area contributed by atoms with Crippen molar-refractivity contribution in [3.05, 3.63) is 47.5 Å². The Kier molecular flexibility index (Phi) is 4.75. The molecular weight excluding hydrogens is 296 g/mol. The molecule has 7 heteroatoms. The van der Waals surface area contributed by atoms with Crippen LogP contribution < -0.4 is 0 Å². The van der Waals surface area contributed by atoms with E-state index in [0.29, 0.717) is 18.4 Å². The summed E-state index contributed by atoms with van der Waals surface area (Å²) in [5.41, 5.74) is 0.385. The van der Waals surface area contributed by atoms with Crippen LogP contribution in [-0.4, -0.2) is 35.2 Å². The number of benzene rings is 1. The molecule has 1 saturated heterocycles. The fourth-order valence-corrected chi connectivity index (χ4v) is 2.61. The van der Waals surface area contributed by atoms with Crippen LogP contribution in [0, 0.1) is 11.6 Å². The van der Waals surface area contributed by atoms with E-state index in [2.05, 4.69) is 4.74 Å². The van der Waals surface area contributed by atoms with Gasteiger partial charge in [-0.3, -0.25) is 4.90 Å². The number of rotatable bonds is 3. The lowest BCUT2D eigenvalue weighted by Crippen LogP contribution is -2.35. The molecule has 1 N–H and O–H groups in total. The molecule has 0 saturated carbocycles. The highest BCUT2D eigenvalue weighted by Gasteiger charge is 2.36. The summed E-state index contributed by atoms with van der Waals surface area (Å²) in [6.07, 6.45) is 2.34. The van der Waals surface area contributed by atoms with E-state index in [9.17, 15) is 23.5 Å². The normalized spacial score (nSPS) is 21.3. The van der Waals surface area contributed by atoms with Crippen LogP contribution in [0.3, 0.4) is 0 Å². The van der Waals surface area contributed by atoms with Crippen LogP contribution in [0.15, 0.2) is 30.4 Å². The zero-order valence-corrected chi connectivity index (χ0v) is 11.8. The van der Waals surface area contributed by atoms with Crippen molar-refractivity contribution >= 4 is 12.1 Å². The summed E-state index contributed by atoms with van der Waals surface area (Å²) in [7, 11) is 1.22. The summed E-state index contributed by atoms with van der Waals surface area (Å²) in [5.74, 6) is -2.58. The van der Waals surface area contributed by atoms with Gasteiger partial charge in [-0.05, 0) is 30.5 Å². The number of carbonyl (C=O) groups is 2. The van der Waals surface area contributed by atoms with E-state index in [0.717, 1.165) is 23.1 Å². The molecule has 2 rings (SSSR count). The first-order valence-electron chi connectivity index (χ1n) is 6.66. The molecule has 0 spiro atoms. The molecule has 1 aromatic rings. The number of esters is 1. The van der Waals surface area contributed by atoms with Crippen LogP contribution >= 0.6 is 0 Å². The summed E-state index contributed by atoms with van der Waals surface area (Å²) in [6.45, 7) is 0. The topological polar surface area (TPSA) is 66.8 Å². The zero-order chi connectivity index (χ0) is 16.3. The zero-order valence-electron chi connectivity index (χ0n) is 11.8. The van der Waals surface area contributed by atoms with Gasteiger partial charge in [0.2, 0.25) is 0 Å². The van der Waals surface area contributed by atoms with Gasteiger partial charge in [-0.15, -0.1) is 0 Å². The van der Waals surface area contributed by atoms with Gasteiger partial charge < -0.3 is 9.84 Å². The molecule has 0 aromatic heterocycles. The van der Waals surface area contributed by atoms with Crippen molar-refractivity contribution in [1.82, 2.24) is 4.90 Å². The van der Waals surface area contributed by atoms with Crippen molar-refractivity contribution in [3.8, 4) is 0 Å². The maximum Gasteiger partial charge on any atom is 0.408 e. The van der Waals surface area contributed by atoms with Gasteiger partial charge in [-0.1, -0.05) is 12.1 Å². The van der Waals surface area contributed by atoms with Crippen LogP contribution in [0.1, 0.15) is 24.4 Å². The van der Waals surface area contributed by atoms with Crippen molar-refractivity contribution in [3.63, 3.8) is 0 Å². The number of likely N-dealkylation sites (tertiary alicyclic amines) is 1. The number of methoxy groups -OCH3 is 1. The Morgan fingerprint density at radius 3 is 2.64 bits per heavy atom. The number of nitrogens with zero attached hydrogens (tertiary/aromatic N) is 1. The predicted molar refractivity (Wildman–Crippen MR) is 73.1 cm³/mol. The van der Waals surface area contributed by atoms with Gasteiger partial charge >= 0.3 is 12.1 Å². The lowest BCUT2D eigenvalue weighted by molar-refractivity contribution is -0.134. The largest absolute Gasteiger partial charge is 0.466 e. The van der Waals surface area contributed by atoms with E-state index < -0.39 is 35.8 Å². The number of halogens is 2. The smallest absolute Gasteiger partial charge is 0.408 e. The van der Waals surface area contributed by atoms with E-state index >= 15 is 0 Å². The number of carboxylic acid groups (broad SMARTS) is 1. The summed E-state index contributed by atoms with van der Waals surface area (Å²) in [4.78, 5) is 23.7. The van der Waals surface area contributed by atoms with Gasteiger partial charge in [0.1, 0.15) is 0 Å². The Bertz CT molecular complexity index is 618. The van der Waals surface area contributed by atoms with Crippen molar-refractivity contribution < 1.29 is 28.2 Å². The maximum absolute atomic E-state index is 13.3. The van der Waals surface area contributed by atoms with E-state index in [-0.39, 0.29) is 0 Å². The number of hydrogen-bond donors (Lipinski definition) is 1. The molecular formula is C15H15F2NO4. The maximum atomic E-state index is 13.3. The van der Waals surface area contributed by atoms with Crippen LogP contribution in [0.5, 0.6) is 0 Å².